The number of aromatic nitrogens is 2. The molecular weight excluding hydrogens is 432 g/mol. The van der Waals surface area contributed by atoms with Crippen molar-refractivity contribution in [3.05, 3.63) is 83.7 Å². The van der Waals surface area contributed by atoms with E-state index in [1.807, 2.05) is 31.3 Å². The number of para-hydroxylation sites is 1. The monoisotopic (exact) mass is 460 g/mol. The summed E-state index contributed by atoms with van der Waals surface area (Å²) in [6.07, 6.45) is 1.81. The summed E-state index contributed by atoms with van der Waals surface area (Å²) in [5, 5.41) is 3.09. The largest absolute Gasteiger partial charge is 0.454 e. The smallest absolute Gasteiger partial charge is 0.227 e. The van der Waals surface area contributed by atoms with Crippen LogP contribution >= 0.6 is 0 Å². The second-order valence-corrected chi connectivity index (χ2v) is 10.0. The van der Waals surface area contributed by atoms with E-state index in [4.69, 9.17) is 13.8 Å². The van der Waals surface area contributed by atoms with Crippen molar-refractivity contribution in [2.45, 2.75) is 46.5 Å². The summed E-state index contributed by atoms with van der Waals surface area (Å²) in [5.74, 6) is 1.77. The fraction of sp³-hybridized carbons (Fsp3) is 0.226. The molecule has 2 aromatic carbocycles. The number of rotatable bonds is 4. The lowest BCUT2D eigenvalue weighted by Crippen LogP contribution is -1.94. The maximum absolute atomic E-state index is 6.27. The maximum atomic E-state index is 6.27. The van der Waals surface area contributed by atoms with Gasteiger partial charge in [0.15, 0.2) is 5.58 Å². The molecule has 174 valence electrons. The summed E-state index contributed by atoms with van der Waals surface area (Å²) in [4.78, 5) is 9.31. The molecule has 0 aliphatic carbocycles. The Morgan fingerprint density at radius 2 is 1.54 bits per heavy atom. The molecular formula is C31H28N2O2. The molecule has 0 radical (unpaired) electrons. The fourth-order valence-corrected chi connectivity index (χ4v) is 4.69. The van der Waals surface area contributed by atoms with Crippen LogP contribution in [0, 0.1) is 6.92 Å². The Labute approximate surface area is 204 Å². The van der Waals surface area contributed by atoms with Gasteiger partial charge in [-0.15, -0.1) is 0 Å². The van der Waals surface area contributed by atoms with Gasteiger partial charge < -0.3 is 8.83 Å². The zero-order chi connectivity index (χ0) is 24.3. The average Bonchev–Trinajstić information content (AvgIpc) is 3.44. The van der Waals surface area contributed by atoms with Crippen LogP contribution in [0.25, 0.3) is 55.6 Å². The number of benzene rings is 2. The molecule has 0 unspecified atom stereocenters. The number of fused-ring (bicyclic) bond motifs is 4. The molecule has 0 fully saturated rings. The summed E-state index contributed by atoms with van der Waals surface area (Å²) < 4.78 is 12.5. The van der Waals surface area contributed by atoms with Gasteiger partial charge in [0.2, 0.25) is 5.71 Å². The molecule has 0 aliphatic heterocycles. The first kappa shape index (κ1) is 21.6. The first-order chi connectivity index (χ1) is 16.9. The van der Waals surface area contributed by atoms with Gasteiger partial charge in [-0.05, 0) is 72.4 Å². The summed E-state index contributed by atoms with van der Waals surface area (Å²) in [6, 6.07) is 21.3. The van der Waals surface area contributed by atoms with Crippen LogP contribution in [0.5, 0.6) is 0 Å². The minimum atomic E-state index is 0.452. The fourth-order valence-electron chi connectivity index (χ4n) is 4.69. The van der Waals surface area contributed by atoms with E-state index in [0.29, 0.717) is 17.5 Å². The van der Waals surface area contributed by atoms with Gasteiger partial charge in [0.1, 0.15) is 11.3 Å². The van der Waals surface area contributed by atoms with Crippen molar-refractivity contribution in [3.63, 3.8) is 0 Å². The van der Waals surface area contributed by atoms with Crippen molar-refractivity contribution in [2.24, 2.45) is 0 Å². The predicted octanol–water partition coefficient (Wildman–Crippen LogP) is 9.01. The molecule has 0 N–H and O–H groups in total. The lowest BCUT2D eigenvalue weighted by molar-refractivity contribution is 0.629. The molecule has 4 aromatic heterocycles. The Bertz CT molecular complexity index is 1690. The normalized spacial score (nSPS) is 12.1. The van der Waals surface area contributed by atoms with Crippen molar-refractivity contribution in [2.75, 3.05) is 0 Å². The van der Waals surface area contributed by atoms with Gasteiger partial charge in [-0.2, -0.15) is 0 Å². The first-order valence-corrected chi connectivity index (χ1v) is 12.2. The van der Waals surface area contributed by atoms with Gasteiger partial charge in [0.25, 0.3) is 0 Å². The Morgan fingerprint density at radius 1 is 0.771 bits per heavy atom. The molecule has 0 saturated heterocycles. The van der Waals surface area contributed by atoms with Crippen LogP contribution in [0.1, 0.15) is 56.4 Å². The Hall–Kier alpha value is -3.92. The molecule has 6 aromatic rings. The van der Waals surface area contributed by atoms with Crippen molar-refractivity contribution in [3.8, 4) is 22.6 Å². The van der Waals surface area contributed by atoms with Crippen LogP contribution < -0.4 is 0 Å². The third-order valence-corrected chi connectivity index (χ3v) is 6.78. The van der Waals surface area contributed by atoms with Crippen LogP contribution in [-0.2, 0) is 0 Å². The van der Waals surface area contributed by atoms with Gasteiger partial charge in [0, 0.05) is 33.0 Å². The molecule has 0 spiro atoms. The first-order valence-electron chi connectivity index (χ1n) is 12.2. The number of hydrogen-bond acceptors (Lipinski definition) is 4. The number of aryl methyl sites for hydroxylation is 1. The Kier molecular flexibility index (Phi) is 4.99. The lowest BCUT2D eigenvalue weighted by atomic mass is 9.92. The Balaban J connectivity index is 1.48. The molecule has 0 atom stereocenters. The van der Waals surface area contributed by atoms with Crippen LogP contribution in [0.2, 0.25) is 0 Å². The van der Waals surface area contributed by atoms with Crippen molar-refractivity contribution >= 4 is 33.0 Å². The predicted molar refractivity (Wildman–Crippen MR) is 143 cm³/mol. The molecule has 4 heteroatoms. The topological polar surface area (TPSA) is 52.1 Å². The van der Waals surface area contributed by atoms with Crippen molar-refractivity contribution in [1.29, 1.82) is 0 Å². The van der Waals surface area contributed by atoms with Gasteiger partial charge in [-0.3, -0.25) is 4.98 Å². The molecule has 4 nitrogen and oxygen atoms in total. The number of furan rings is 2. The lowest BCUT2D eigenvalue weighted by Gasteiger charge is -2.13. The second kappa shape index (κ2) is 8.09. The van der Waals surface area contributed by atoms with E-state index < -0.39 is 0 Å². The average molecular weight is 461 g/mol. The van der Waals surface area contributed by atoms with Gasteiger partial charge >= 0.3 is 0 Å². The van der Waals surface area contributed by atoms with E-state index in [2.05, 4.69) is 75.1 Å². The van der Waals surface area contributed by atoms with E-state index in [1.54, 1.807) is 0 Å². The van der Waals surface area contributed by atoms with Crippen LogP contribution in [0.3, 0.4) is 0 Å². The zero-order valence-corrected chi connectivity index (χ0v) is 20.7. The zero-order valence-electron chi connectivity index (χ0n) is 20.7. The molecule has 0 aliphatic rings. The standard InChI is InChI=1S/C31H28N2O2/c1-17(2)20-11-21(18(3)4)13-22(12-20)28-15-23-14-27(32-16-29(23)34-28)26-8-6-7-24-25-10-9-19(5)33-31(25)35-30(24)26/h6-18H,1-5H3. The van der Waals surface area contributed by atoms with E-state index in [9.17, 15) is 0 Å². The molecule has 0 bridgehead atoms. The van der Waals surface area contributed by atoms with Gasteiger partial charge in [-0.25, -0.2) is 4.98 Å². The highest BCUT2D eigenvalue weighted by atomic mass is 16.3. The maximum Gasteiger partial charge on any atom is 0.227 e. The second-order valence-electron chi connectivity index (χ2n) is 10.0. The minimum absolute atomic E-state index is 0.452. The highest BCUT2D eigenvalue weighted by Crippen LogP contribution is 2.37. The van der Waals surface area contributed by atoms with Crippen molar-refractivity contribution in [1.82, 2.24) is 9.97 Å². The Morgan fingerprint density at radius 3 is 2.29 bits per heavy atom. The SMILES string of the molecule is Cc1ccc2c(n1)oc1c(-c3cc4cc(-c5cc(C(C)C)cc(C(C)C)c5)oc4cn3)cccc12. The van der Waals surface area contributed by atoms with Crippen molar-refractivity contribution < 1.29 is 8.83 Å². The molecule has 6 rings (SSSR count). The van der Waals surface area contributed by atoms with E-state index in [1.165, 1.54) is 11.1 Å². The van der Waals surface area contributed by atoms with E-state index in [0.717, 1.165) is 55.6 Å². The van der Waals surface area contributed by atoms with Crippen LogP contribution in [0.4, 0.5) is 0 Å². The highest BCUT2D eigenvalue weighted by molar-refractivity contribution is 6.08. The summed E-state index contributed by atoms with van der Waals surface area (Å²) in [7, 11) is 0. The quantitative estimate of drug-likeness (QED) is 0.263. The highest BCUT2D eigenvalue weighted by Gasteiger charge is 2.16. The molecule has 0 amide bonds. The summed E-state index contributed by atoms with van der Waals surface area (Å²) in [5.41, 5.74) is 8.74. The minimum Gasteiger partial charge on any atom is -0.454 e. The third kappa shape index (κ3) is 3.70. The summed E-state index contributed by atoms with van der Waals surface area (Å²) >= 11 is 0. The van der Waals surface area contributed by atoms with Gasteiger partial charge in [-0.1, -0.05) is 45.9 Å². The van der Waals surface area contributed by atoms with Crippen LogP contribution in [-0.4, -0.2) is 9.97 Å². The third-order valence-electron chi connectivity index (χ3n) is 6.78. The molecule has 0 saturated carbocycles. The molecule has 35 heavy (non-hydrogen) atoms. The molecule has 4 heterocycles. The van der Waals surface area contributed by atoms with E-state index >= 15 is 0 Å². The van der Waals surface area contributed by atoms with Crippen LogP contribution in [0.15, 0.2) is 75.7 Å². The van der Waals surface area contributed by atoms with E-state index in [-0.39, 0.29) is 0 Å². The summed E-state index contributed by atoms with van der Waals surface area (Å²) in [6.45, 7) is 10.9. The number of hydrogen-bond donors (Lipinski definition) is 0. The number of pyridine rings is 2. The number of nitrogens with zero attached hydrogens (tertiary/aromatic N) is 2. The van der Waals surface area contributed by atoms with Gasteiger partial charge in [0.05, 0.1) is 11.9 Å².